The maximum atomic E-state index is 5.91. The third kappa shape index (κ3) is 3.11. The number of hydrogen-bond donors (Lipinski definition) is 1. The third-order valence-electron chi connectivity index (χ3n) is 2.24. The Bertz CT molecular complexity index is 577. The number of nitrogens with zero attached hydrogens (tertiary/aromatic N) is 2. The lowest BCUT2D eigenvalue weighted by molar-refractivity contribution is 0.414. The highest BCUT2D eigenvalue weighted by molar-refractivity contribution is 9.10. The van der Waals surface area contributed by atoms with Crippen molar-refractivity contribution in [3.05, 3.63) is 39.6 Å². The first-order valence-electron chi connectivity index (χ1n) is 5.19. The van der Waals surface area contributed by atoms with Crippen LogP contribution in [0, 0.1) is 6.92 Å². The van der Waals surface area contributed by atoms with Crippen molar-refractivity contribution in [1.29, 1.82) is 0 Å². The van der Waals surface area contributed by atoms with Crippen LogP contribution in [0.3, 0.4) is 0 Å². The van der Waals surface area contributed by atoms with Gasteiger partial charge in [-0.2, -0.15) is 4.98 Å². The van der Waals surface area contributed by atoms with Crippen molar-refractivity contribution in [2.45, 2.75) is 6.92 Å². The fourth-order valence-electron chi connectivity index (χ4n) is 1.47. The molecule has 94 valence electrons. The molecule has 0 aliphatic rings. The lowest BCUT2D eigenvalue weighted by atomic mass is 10.2. The van der Waals surface area contributed by atoms with E-state index >= 15 is 0 Å². The van der Waals surface area contributed by atoms with Gasteiger partial charge in [0.05, 0.1) is 11.6 Å². The molecule has 6 heteroatoms. The molecule has 0 saturated heterocycles. The van der Waals surface area contributed by atoms with Gasteiger partial charge in [-0.25, -0.2) is 4.98 Å². The van der Waals surface area contributed by atoms with E-state index in [1.165, 1.54) is 0 Å². The maximum absolute atomic E-state index is 5.91. The van der Waals surface area contributed by atoms with Crippen LogP contribution < -0.4 is 10.1 Å². The smallest absolute Gasteiger partial charge is 0.228 e. The number of benzene rings is 1. The van der Waals surface area contributed by atoms with Crippen molar-refractivity contribution < 1.29 is 4.74 Å². The average Bonchev–Trinajstić information content (AvgIpc) is 2.33. The van der Waals surface area contributed by atoms with Crippen molar-refractivity contribution in [3.8, 4) is 5.75 Å². The van der Waals surface area contributed by atoms with E-state index in [9.17, 15) is 0 Å². The quantitative estimate of drug-likeness (QED) is 0.867. The van der Waals surface area contributed by atoms with Gasteiger partial charge in [-0.15, -0.1) is 0 Å². The van der Waals surface area contributed by atoms with E-state index in [1.807, 2.05) is 25.1 Å². The van der Waals surface area contributed by atoms with Crippen molar-refractivity contribution >= 4 is 39.2 Å². The Balaban J connectivity index is 2.27. The molecule has 2 rings (SSSR count). The molecule has 2 aromatic rings. The van der Waals surface area contributed by atoms with Crippen LogP contribution in [0.1, 0.15) is 5.56 Å². The van der Waals surface area contributed by atoms with Gasteiger partial charge in [0.1, 0.15) is 10.9 Å². The van der Waals surface area contributed by atoms with Gasteiger partial charge in [-0.05, 0) is 40.5 Å². The second-order valence-electron chi connectivity index (χ2n) is 3.70. The van der Waals surface area contributed by atoms with E-state index in [2.05, 4.69) is 31.2 Å². The highest BCUT2D eigenvalue weighted by Crippen LogP contribution is 2.24. The lowest BCUT2D eigenvalue weighted by Crippen LogP contribution is -1.98. The summed E-state index contributed by atoms with van der Waals surface area (Å²) < 4.78 is 5.87. The minimum Gasteiger partial charge on any atom is -0.497 e. The van der Waals surface area contributed by atoms with Gasteiger partial charge in [-0.1, -0.05) is 11.6 Å². The predicted octanol–water partition coefficient (Wildman–Crippen LogP) is 3.95. The second-order valence-corrected chi connectivity index (χ2v) is 4.91. The van der Waals surface area contributed by atoms with E-state index in [0.717, 1.165) is 17.0 Å². The zero-order valence-corrected chi connectivity index (χ0v) is 12.2. The molecule has 1 heterocycles. The Morgan fingerprint density at radius 1 is 1.33 bits per heavy atom. The van der Waals surface area contributed by atoms with Crippen LogP contribution in [0.15, 0.2) is 28.9 Å². The van der Waals surface area contributed by atoms with E-state index in [4.69, 9.17) is 16.3 Å². The molecule has 4 nitrogen and oxygen atoms in total. The summed E-state index contributed by atoms with van der Waals surface area (Å²) >= 11 is 9.15. The number of aromatic nitrogens is 2. The van der Waals surface area contributed by atoms with Crippen LogP contribution in [-0.4, -0.2) is 17.1 Å². The maximum Gasteiger partial charge on any atom is 0.228 e. The van der Waals surface area contributed by atoms with Crippen molar-refractivity contribution in [3.63, 3.8) is 0 Å². The van der Waals surface area contributed by atoms with Crippen LogP contribution in [0.4, 0.5) is 11.6 Å². The van der Waals surface area contributed by atoms with Gasteiger partial charge >= 0.3 is 0 Å². The van der Waals surface area contributed by atoms with E-state index in [-0.39, 0.29) is 0 Å². The summed E-state index contributed by atoms with van der Waals surface area (Å²) in [5, 5.41) is 3.45. The molecular formula is C12H11BrClN3O. The van der Waals surface area contributed by atoms with E-state index in [1.54, 1.807) is 13.3 Å². The SMILES string of the molecule is COc1cc(C)cc(Nc2ncc(Br)c(Cl)n2)c1. The standard InChI is InChI=1S/C12H11BrClN3O/c1-7-3-8(5-9(4-7)18-2)16-12-15-6-10(13)11(14)17-12/h3-6H,1-2H3,(H,15,16,17). The zero-order chi connectivity index (χ0) is 13.1. The number of ether oxygens (including phenoxy) is 1. The Hall–Kier alpha value is -1.33. The van der Waals surface area contributed by atoms with Crippen LogP contribution in [0.25, 0.3) is 0 Å². The average molecular weight is 329 g/mol. The first-order valence-corrected chi connectivity index (χ1v) is 6.36. The third-order valence-corrected chi connectivity index (χ3v) is 3.34. The highest BCUT2D eigenvalue weighted by Gasteiger charge is 2.04. The molecule has 0 bridgehead atoms. The van der Waals surface area contributed by atoms with Gasteiger partial charge in [-0.3, -0.25) is 0 Å². The Morgan fingerprint density at radius 3 is 2.78 bits per heavy atom. The molecule has 0 amide bonds. The molecule has 0 aliphatic heterocycles. The molecule has 0 spiro atoms. The molecule has 0 radical (unpaired) electrons. The van der Waals surface area contributed by atoms with Crippen LogP contribution in [0.2, 0.25) is 5.15 Å². The summed E-state index contributed by atoms with van der Waals surface area (Å²) in [4.78, 5) is 8.23. The van der Waals surface area contributed by atoms with Crippen LogP contribution in [0.5, 0.6) is 5.75 Å². The van der Waals surface area contributed by atoms with Crippen LogP contribution >= 0.6 is 27.5 Å². The monoisotopic (exact) mass is 327 g/mol. The number of halogens is 2. The van der Waals surface area contributed by atoms with E-state index < -0.39 is 0 Å². The molecule has 1 N–H and O–H groups in total. The number of aryl methyl sites for hydroxylation is 1. The number of hydrogen-bond acceptors (Lipinski definition) is 4. The van der Waals surface area contributed by atoms with Crippen molar-refractivity contribution in [1.82, 2.24) is 9.97 Å². The summed E-state index contributed by atoms with van der Waals surface area (Å²) in [5.74, 6) is 1.22. The minimum absolute atomic E-state index is 0.368. The molecule has 1 aromatic carbocycles. The minimum atomic E-state index is 0.368. The number of methoxy groups -OCH3 is 1. The summed E-state index contributed by atoms with van der Waals surface area (Å²) in [6.07, 6.45) is 1.60. The number of rotatable bonds is 3. The first-order chi connectivity index (χ1) is 8.58. The molecule has 18 heavy (non-hydrogen) atoms. The van der Waals surface area contributed by atoms with Gasteiger partial charge < -0.3 is 10.1 Å². The molecule has 0 aliphatic carbocycles. The summed E-state index contributed by atoms with van der Waals surface area (Å²) in [5.41, 5.74) is 1.94. The summed E-state index contributed by atoms with van der Waals surface area (Å²) in [7, 11) is 1.63. The van der Waals surface area contributed by atoms with Crippen molar-refractivity contribution in [2.75, 3.05) is 12.4 Å². The molecule has 0 fully saturated rings. The Morgan fingerprint density at radius 2 is 2.11 bits per heavy atom. The van der Waals surface area contributed by atoms with Gasteiger partial charge in [0.25, 0.3) is 0 Å². The summed E-state index contributed by atoms with van der Waals surface area (Å²) in [6, 6.07) is 5.79. The molecule has 1 aromatic heterocycles. The highest BCUT2D eigenvalue weighted by atomic mass is 79.9. The number of anilines is 2. The van der Waals surface area contributed by atoms with E-state index in [0.29, 0.717) is 15.6 Å². The first kappa shape index (κ1) is 13.1. The van der Waals surface area contributed by atoms with Crippen molar-refractivity contribution in [2.24, 2.45) is 0 Å². The normalized spacial score (nSPS) is 10.2. The predicted molar refractivity (Wildman–Crippen MR) is 75.8 cm³/mol. The van der Waals surface area contributed by atoms with Gasteiger partial charge in [0.2, 0.25) is 5.95 Å². The molecule has 0 unspecified atom stereocenters. The summed E-state index contributed by atoms with van der Waals surface area (Å²) in [6.45, 7) is 1.99. The fraction of sp³-hybridized carbons (Fsp3) is 0.167. The topological polar surface area (TPSA) is 47.0 Å². The molecule has 0 atom stereocenters. The second kappa shape index (κ2) is 5.54. The fourth-order valence-corrected chi connectivity index (χ4v) is 1.79. The van der Waals surface area contributed by atoms with Crippen LogP contribution in [-0.2, 0) is 0 Å². The molecule has 0 saturated carbocycles. The number of nitrogens with one attached hydrogen (secondary N) is 1. The largest absolute Gasteiger partial charge is 0.497 e. The lowest BCUT2D eigenvalue weighted by Gasteiger charge is -2.08. The van der Waals surface area contributed by atoms with Gasteiger partial charge in [0, 0.05) is 18.0 Å². The Labute approximate surface area is 118 Å². The molecular weight excluding hydrogens is 318 g/mol. The van der Waals surface area contributed by atoms with Gasteiger partial charge in [0.15, 0.2) is 0 Å². The zero-order valence-electron chi connectivity index (χ0n) is 9.87. The Kier molecular flexibility index (Phi) is 4.04.